The number of nitrogens with two attached hydrogens (primary N) is 1. The van der Waals surface area contributed by atoms with E-state index in [-0.39, 0.29) is 36.1 Å². The molecule has 0 bridgehead atoms. The number of hydrogen-bond donors (Lipinski definition) is 1. The summed E-state index contributed by atoms with van der Waals surface area (Å²) in [6.07, 6.45) is 0. The van der Waals surface area contributed by atoms with E-state index in [2.05, 4.69) is 9.97 Å². The van der Waals surface area contributed by atoms with E-state index in [0.717, 1.165) is 4.57 Å². The van der Waals surface area contributed by atoms with Crippen molar-refractivity contribution in [3.63, 3.8) is 0 Å². The van der Waals surface area contributed by atoms with E-state index in [1.54, 1.807) is 49.4 Å². The second-order valence-corrected chi connectivity index (χ2v) is 7.92. The highest BCUT2D eigenvalue weighted by molar-refractivity contribution is 6.30. The average molecular weight is 496 g/mol. The van der Waals surface area contributed by atoms with Crippen molar-refractivity contribution in [2.45, 2.75) is 13.5 Å². The number of nitrogens with zero attached hydrogens (tertiary/aromatic N) is 4. The lowest BCUT2D eigenvalue weighted by molar-refractivity contribution is -0.143. The van der Waals surface area contributed by atoms with E-state index < -0.39 is 24.1 Å². The molecule has 1 aliphatic rings. The van der Waals surface area contributed by atoms with Crippen LogP contribution in [0.4, 0.5) is 0 Å². The monoisotopic (exact) mass is 495 g/mol. The molecule has 0 fully saturated rings. The fourth-order valence-corrected chi connectivity index (χ4v) is 3.92. The van der Waals surface area contributed by atoms with Gasteiger partial charge in [-0.05, 0) is 43.3 Å². The Morgan fingerprint density at radius 2 is 1.86 bits per heavy atom. The summed E-state index contributed by atoms with van der Waals surface area (Å²) in [6, 6.07) is 11.5. The van der Waals surface area contributed by atoms with Crippen LogP contribution in [0.1, 0.15) is 17.4 Å². The van der Waals surface area contributed by atoms with Gasteiger partial charge in [0, 0.05) is 16.7 Å². The minimum Gasteiger partial charge on any atom is -0.465 e. The highest BCUT2D eigenvalue weighted by Gasteiger charge is 2.26. The molecule has 4 aromatic rings. The number of carbonyl (C=O) groups is 2. The molecule has 5 rings (SSSR count). The van der Waals surface area contributed by atoms with Crippen LogP contribution in [0.5, 0.6) is 11.5 Å². The molecule has 0 radical (unpaired) electrons. The first-order valence-corrected chi connectivity index (χ1v) is 10.9. The number of esters is 1. The summed E-state index contributed by atoms with van der Waals surface area (Å²) in [6.45, 7) is 1.35. The zero-order chi connectivity index (χ0) is 24.7. The van der Waals surface area contributed by atoms with E-state index in [1.165, 1.54) is 4.57 Å². The van der Waals surface area contributed by atoms with Gasteiger partial charge in [0.2, 0.25) is 6.79 Å². The van der Waals surface area contributed by atoms with E-state index in [9.17, 15) is 14.4 Å². The van der Waals surface area contributed by atoms with Crippen LogP contribution in [0.25, 0.3) is 28.2 Å². The van der Waals surface area contributed by atoms with Crippen LogP contribution in [0.15, 0.2) is 47.3 Å². The lowest BCUT2D eigenvalue weighted by atomic mass is 10.2. The average Bonchev–Trinajstić information content (AvgIpc) is 3.41. The largest absolute Gasteiger partial charge is 0.465 e. The number of fused-ring (bicyclic) bond motifs is 2. The van der Waals surface area contributed by atoms with E-state index in [4.69, 9.17) is 31.5 Å². The first-order chi connectivity index (χ1) is 16.9. The van der Waals surface area contributed by atoms with Crippen molar-refractivity contribution in [2.75, 3.05) is 13.4 Å². The lowest BCUT2D eigenvalue weighted by Crippen LogP contribution is -2.28. The van der Waals surface area contributed by atoms with Crippen molar-refractivity contribution in [3.8, 4) is 28.6 Å². The maximum Gasteiger partial charge on any atom is 0.335 e. The van der Waals surface area contributed by atoms with Crippen molar-refractivity contribution in [2.24, 2.45) is 5.73 Å². The molecule has 0 atom stereocenters. The molecule has 178 valence electrons. The molecule has 1 aliphatic heterocycles. The molecule has 3 heterocycles. The molecule has 12 heteroatoms. The number of carbonyl (C=O) groups excluding carboxylic acids is 2. The highest BCUT2D eigenvalue weighted by atomic mass is 35.5. The van der Waals surface area contributed by atoms with Crippen LogP contribution >= 0.6 is 11.6 Å². The first kappa shape index (κ1) is 22.4. The summed E-state index contributed by atoms with van der Waals surface area (Å²) < 4.78 is 18.1. The van der Waals surface area contributed by atoms with Gasteiger partial charge in [0.15, 0.2) is 28.7 Å². The number of rotatable bonds is 6. The normalized spacial score (nSPS) is 12.2. The van der Waals surface area contributed by atoms with Gasteiger partial charge in [0.05, 0.1) is 12.3 Å². The molecule has 0 unspecified atom stereocenters. The summed E-state index contributed by atoms with van der Waals surface area (Å²) in [5.41, 5.74) is 5.79. The zero-order valence-corrected chi connectivity index (χ0v) is 19.1. The molecule has 2 aromatic carbocycles. The number of amides is 1. The maximum absolute atomic E-state index is 13.6. The fraction of sp³-hybridized carbons (Fsp3) is 0.174. The molecular weight excluding hydrogens is 478 g/mol. The number of ether oxygens (including phenoxy) is 3. The van der Waals surface area contributed by atoms with Gasteiger partial charge in [0.25, 0.3) is 5.91 Å². The van der Waals surface area contributed by atoms with Gasteiger partial charge in [0.1, 0.15) is 12.1 Å². The van der Waals surface area contributed by atoms with E-state index in [1.807, 2.05) is 0 Å². The topological polar surface area (TPSA) is 141 Å². The summed E-state index contributed by atoms with van der Waals surface area (Å²) in [5, 5.41) is 0.503. The summed E-state index contributed by atoms with van der Waals surface area (Å²) in [7, 11) is 0. The van der Waals surface area contributed by atoms with Gasteiger partial charge < -0.3 is 19.9 Å². The van der Waals surface area contributed by atoms with Gasteiger partial charge in [-0.25, -0.2) is 19.3 Å². The Morgan fingerprint density at radius 3 is 2.57 bits per heavy atom. The molecule has 0 saturated carbocycles. The van der Waals surface area contributed by atoms with Gasteiger partial charge in [-0.3, -0.25) is 14.2 Å². The molecule has 2 aromatic heterocycles. The summed E-state index contributed by atoms with van der Waals surface area (Å²) in [4.78, 5) is 47.3. The fourth-order valence-electron chi connectivity index (χ4n) is 3.79. The van der Waals surface area contributed by atoms with Crippen molar-refractivity contribution in [3.05, 3.63) is 63.7 Å². The standard InChI is InChI=1S/C23H18ClN5O6/c1-2-33-17(30)10-28-19-18(20(25)31)26-21(12-3-5-13(24)6-4-12)27-22(19)29(23(28)32)14-7-8-15-16(9-14)35-11-34-15/h3-9H,2,10-11H2,1H3,(H2,25,31). The predicted molar refractivity (Wildman–Crippen MR) is 125 cm³/mol. The Morgan fingerprint density at radius 1 is 1.11 bits per heavy atom. The molecule has 0 aliphatic carbocycles. The Bertz CT molecular complexity index is 1540. The van der Waals surface area contributed by atoms with Crippen LogP contribution in [0, 0.1) is 0 Å². The molecule has 0 spiro atoms. The maximum atomic E-state index is 13.6. The minimum atomic E-state index is -0.895. The van der Waals surface area contributed by atoms with Crippen LogP contribution in [-0.4, -0.2) is 44.4 Å². The number of halogens is 1. The third-order valence-corrected chi connectivity index (χ3v) is 5.56. The summed E-state index contributed by atoms with van der Waals surface area (Å²) >= 11 is 6.00. The molecule has 2 N–H and O–H groups in total. The van der Waals surface area contributed by atoms with Crippen molar-refractivity contribution in [1.29, 1.82) is 0 Å². The van der Waals surface area contributed by atoms with Crippen LogP contribution in [-0.2, 0) is 16.1 Å². The number of hydrogen-bond acceptors (Lipinski definition) is 8. The van der Waals surface area contributed by atoms with E-state index >= 15 is 0 Å². The number of benzene rings is 2. The Kier molecular flexibility index (Phi) is 5.61. The number of aromatic nitrogens is 4. The third-order valence-electron chi connectivity index (χ3n) is 5.31. The minimum absolute atomic E-state index is 0.00549. The van der Waals surface area contributed by atoms with Crippen LogP contribution in [0.3, 0.4) is 0 Å². The van der Waals surface area contributed by atoms with Gasteiger partial charge in [-0.2, -0.15) is 0 Å². The lowest BCUT2D eigenvalue weighted by Gasteiger charge is -2.08. The van der Waals surface area contributed by atoms with Gasteiger partial charge in [-0.15, -0.1) is 0 Å². The van der Waals surface area contributed by atoms with Crippen molar-refractivity contribution in [1.82, 2.24) is 19.1 Å². The quantitative estimate of drug-likeness (QED) is 0.402. The second kappa shape index (κ2) is 8.76. The Hall–Kier alpha value is -4.38. The van der Waals surface area contributed by atoms with Gasteiger partial charge in [-0.1, -0.05) is 11.6 Å². The SMILES string of the molecule is CCOC(=O)Cn1c(=O)n(-c2ccc3c(c2)OCO3)c2nc(-c3ccc(Cl)cc3)nc(C(N)=O)c21. The van der Waals surface area contributed by atoms with E-state index in [0.29, 0.717) is 27.8 Å². The van der Waals surface area contributed by atoms with Gasteiger partial charge >= 0.3 is 11.7 Å². The molecule has 1 amide bonds. The molecule has 0 saturated heterocycles. The third kappa shape index (κ3) is 3.95. The van der Waals surface area contributed by atoms with Crippen LogP contribution < -0.4 is 20.9 Å². The Balaban J connectivity index is 1.82. The highest BCUT2D eigenvalue weighted by Crippen LogP contribution is 2.34. The second-order valence-electron chi connectivity index (χ2n) is 7.49. The molecule has 11 nitrogen and oxygen atoms in total. The van der Waals surface area contributed by atoms with Crippen molar-refractivity contribution < 1.29 is 23.8 Å². The van der Waals surface area contributed by atoms with Crippen LogP contribution in [0.2, 0.25) is 5.02 Å². The van der Waals surface area contributed by atoms with Crippen molar-refractivity contribution >= 4 is 34.6 Å². The summed E-state index contributed by atoms with van der Waals surface area (Å²) in [5.74, 6) is -0.468. The number of primary amides is 1. The predicted octanol–water partition coefficient (Wildman–Crippen LogP) is 2.29. The number of imidazole rings is 1. The molecular formula is C23H18ClN5O6. The Labute approximate surface area is 202 Å². The first-order valence-electron chi connectivity index (χ1n) is 10.5. The zero-order valence-electron chi connectivity index (χ0n) is 18.4. The molecule has 35 heavy (non-hydrogen) atoms. The smallest absolute Gasteiger partial charge is 0.335 e.